The lowest BCUT2D eigenvalue weighted by molar-refractivity contribution is -0.161. The summed E-state index contributed by atoms with van der Waals surface area (Å²) in [5, 5.41) is 10.7. The van der Waals surface area contributed by atoms with Crippen molar-refractivity contribution in [3.63, 3.8) is 0 Å². The summed E-state index contributed by atoms with van der Waals surface area (Å²) in [6.45, 7) is 7.31. The first-order valence-electron chi connectivity index (χ1n) is 43.7. The van der Waals surface area contributed by atoms with Crippen LogP contribution in [0.4, 0.5) is 0 Å². The fourth-order valence-corrected chi connectivity index (χ4v) is 14.7. The van der Waals surface area contributed by atoms with E-state index >= 15 is 0 Å². The monoisotopic (exact) mass is 1510 g/mol. The molecule has 0 radical (unpaired) electrons. The van der Waals surface area contributed by atoms with Crippen LogP contribution in [0.25, 0.3) is 0 Å². The van der Waals surface area contributed by atoms with E-state index in [9.17, 15) is 43.2 Å². The maximum Gasteiger partial charge on any atom is 0.472 e. The van der Waals surface area contributed by atoms with Gasteiger partial charge in [0.15, 0.2) is 12.2 Å². The van der Waals surface area contributed by atoms with E-state index in [0.29, 0.717) is 25.7 Å². The first-order chi connectivity index (χ1) is 50.1. The van der Waals surface area contributed by atoms with E-state index in [-0.39, 0.29) is 25.7 Å². The molecule has 0 rings (SSSR count). The number of esters is 4. The molecule has 0 aliphatic heterocycles. The number of carbonyl (C=O) groups excluding carboxylic acids is 4. The number of carbonyl (C=O) groups is 4. The van der Waals surface area contributed by atoms with Crippen LogP contribution in [0.2, 0.25) is 0 Å². The molecule has 6 atom stereocenters. The van der Waals surface area contributed by atoms with Crippen molar-refractivity contribution < 1.29 is 80.2 Å². The molecule has 0 fully saturated rings. The molecule has 0 saturated carbocycles. The van der Waals surface area contributed by atoms with Crippen molar-refractivity contribution in [2.24, 2.45) is 5.92 Å². The van der Waals surface area contributed by atoms with Gasteiger partial charge in [-0.2, -0.15) is 0 Å². The minimum Gasteiger partial charge on any atom is -0.462 e. The topological polar surface area (TPSA) is 237 Å². The van der Waals surface area contributed by atoms with Gasteiger partial charge in [0.1, 0.15) is 19.3 Å². The SMILES string of the molecule is CCCCCCCCCCCCCCCCCCCCCCCCC(=O)O[C@H](COC(=O)CCCCCCCCCCCCCCCCCC)COP(=O)(O)OC[C@@H](O)COP(=O)(O)OC[C@@H](COC(=O)CCCCCCCCC(C)CC)OC(=O)CCCCCCCCCCCCCCCCC. The number of hydrogen-bond acceptors (Lipinski definition) is 15. The normalized spacial score (nSPS) is 14.1. The Morgan fingerprint density at radius 2 is 0.466 bits per heavy atom. The van der Waals surface area contributed by atoms with Gasteiger partial charge in [-0.05, 0) is 31.6 Å². The molecule has 0 saturated heterocycles. The Hall–Kier alpha value is -1.94. The molecule has 19 heteroatoms. The Morgan fingerprint density at radius 1 is 0.272 bits per heavy atom. The Balaban J connectivity index is 5.21. The molecule has 103 heavy (non-hydrogen) atoms. The molecule has 17 nitrogen and oxygen atoms in total. The van der Waals surface area contributed by atoms with E-state index in [0.717, 1.165) is 102 Å². The van der Waals surface area contributed by atoms with E-state index in [1.807, 2.05) is 0 Å². The fourth-order valence-electron chi connectivity index (χ4n) is 13.1. The highest BCUT2D eigenvalue weighted by molar-refractivity contribution is 7.47. The van der Waals surface area contributed by atoms with Crippen molar-refractivity contribution in [2.45, 2.75) is 470 Å². The average Bonchev–Trinajstić information content (AvgIpc) is 0.914. The van der Waals surface area contributed by atoms with E-state index in [4.69, 9.17) is 37.0 Å². The lowest BCUT2D eigenvalue weighted by Crippen LogP contribution is -2.30. The van der Waals surface area contributed by atoms with Gasteiger partial charge in [0.25, 0.3) is 0 Å². The minimum absolute atomic E-state index is 0.108. The number of phosphoric ester groups is 2. The van der Waals surface area contributed by atoms with Crippen molar-refractivity contribution in [2.75, 3.05) is 39.6 Å². The molecule has 0 aromatic rings. The van der Waals surface area contributed by atoms with Gasteiger partial charge in [-0.15, -0.1) is 0 Å². The zero-order valence-electron chi connectivity index (χ0n) is 67.5. The highest BCUT2D eigenvalue weighted by Crippen LogP contribution is 2.45. The molecule has 3 N–H and O–H groups in total. The van der Waals surface area contributed by atoms with Crippen molar-refractivity contribution in [3.8, 4) is 0 Å². The number of hydrogen-bond donors (Lipinski definition) is 3. The number of aliphatic hydroxyl groups is 1. The van der Waals surface area contributed by atoms with Crippen LogP contribution in [-0.2, 0) is 65.4 Å². The van der Waals surface area contributed by atoms with Crippen LogP contribution in [0, 0.1) is 5.92 Å². The number of aliphatic hydroxyl groups excluding tert-OH is 1. The Labute approximate surface area is 632 Å². The van der Waals surface area contributed by atoms with Gasteiger partial charge < -0.3 is 33.8 Å². The summed E-state index contributed by atoms with van der Waals surface area (Å²) in [6.07, 6.45) is 69.5. The smallest absolute Gasteiger partial charge is 0.462 e. The van der Waals surface area contributed by atoms with Crippen LogP contribution >= 0.6 is 15.6 Å². The quantitative estimate of drug-likeness (QED) is 0.0222. The van der Waals surface area contributed by atoms with Crippen molar-refractivity contribution in [1.29, 1.82) is 0 Å². The molecule has 0 aliphatic rings. The third-order valence-electron chi connectivity index (χ3n) is 20.1. The highest BCUT2D eigenvalue weighted by Gasteiger charge is 2.30. The van der Waals surface area contributed by atoms with Crippen LogP contribution in [0.3, 0.4) is 0 Å². The first-order valence-corrected chi connectivity index (χ1v) is 46.7. The highest BCUT2D eigenvalue weighted by atomic mass is 31.2. The molecule has 612 valence electrons. The van der Waals surface area contributed by atoms with Crippen LogP contribution in [0.15, 0.2) is 0 Å². The maximum atomic E-state index is 13.1. The van der Waals surface area contributed by atoms with Gasteiger partial charge in [0.2, 0.25) is 0 Å². The summed E-state index contributed by atoms with van der Waals surface area (Å²) in [5.74, 6) is -1.37. The standard InChI is InChI=1S/C84H164O17P2/c1-6-10-13-16-19-22-25-28-31-33-34-35-36-37-38-41-44-47-50-53-60-65-69-83(88)100-79(73-94-81(86)67-62-57-51-48-45-42-40-32-29-26-23-20-17-14-11-7-2)75-98-102(90,91)96-71-78(85)72-97-103(92,93)99-76-80(74-95-82(87)68-63-58-55-54-56-61-66-77(5)9-4)101-84(89)70-64-59-52-49-46-43-39-30-27-24-21-18-15-12-8-3/h77-80,85H,6-76H2,1-5H3,(H,90,91)(H,92,93)/t77?,78-,79-,80-/m1/s1. The molecule has 0 heterocycles. The second kappa shape index (κ2) is 76.8. The van der Waals surface area contributed by atoms with E-state index in [1.165, 1.54) is 270 Å². The lowest BCUT2D eigenvalue weighted by Gasteiger charge is -2.21. The van der Waals surface area contributed by atoms with Crippen LogP contribution in [0.1, 0.15) is 452 Å². The summed E-state index contributed by atoms with van der Waals surface area (Å²) < 4.78 is 68.8. The van der Waals surface area contributed by atoms with Crippen LogP contribution in [0.5, 0.6) is 0 Å². The number of ether oxygens (including phenoxy) is 4. The second-order valence-corrected chi connectivity index (χ2v) is 33.4. The fraction of sp³-hybridized carbons (Fsp3) is 0.952. The summed E-state index contributed by atoms with van der Waals surface area (Å²) in [6, 6.07) is 0. The Bertz CT molecular complexity index is 1960. The van der Waals surface area contributed by atoms with Crippen molar-refractivity contribution in [1.82, 2.24) is 0 Å². The summed E-state index contributed by atoms with van der Waals surface area (Å²) in [4.78, 5) is 73.1. The molecule has 0 amide bonds. The molecule has 0 aliphatic carbocycles. The average molecular weight is 1510 g/mol. The second-order valence-electron chi connectivity index (χ2n) is 30.5. The minimum atomic E-state index is -4.96. The number of rotatable bonds is 84. The predicted octanol–water partition coefficient (Wildman–Crippen LogP) is 25.6. The third-order valence-corrected chi connectivity index (χ3v) is 22.0. The molecule has 0 aromatic carbocycles. The molecule has 0 aromatic heterocycles. The summed E-state index contributed by atoms with van der Waals surface area (Å²) >= 11 is 0. The predicted molar refractivity (Wildman–Crippen MR) is 423 cm³/mol. The van der Waals surface area contributed by atoms with Crippen LogP contribution in [-0.4, -0.2) is 96.7 Å². The zero-order valence-corrected chi connectivity index (χ0v) is 69.3. The number of phosphoric acid groups is 2. The Morgan fingerprint density at radius 3 is 0.689 bits per heavy atom. The van der Waals surface area contributed by atoms with Gasteiger partial charge in [-0.25, -0.2) is 9.13 Å². The van der Waals surface area contributed by atoms with E-state index < -0.39 is 97.5 Å². The van der Waals surface area contributed by atoms with Crippen molar-refractivity contribution in [3.05, 3.63) is 0 Å². The van der Waals surface area contributed by atoms with E-state index in [2.05, 4.69) is 34.6 Å². The largest absolute Gasteiger partial charge is 0.472 e. The third kappa shape index (κ3) is 76.6. The number of unbranched alkanes of at least 4 members (excludes halogenated alkanes) is 55. The van der Waals surface area contributed by atoms with E-state index in [1.54, 1.807) is 0 Å². The first kappa shape index (κ1) is 101. The molecule has 0 spiro atoms. The van der Waals surface area contributed by atoms with Crippen LogP contribution < -0.4 is 0 Å². The van der Waals surface area contributed by atoms with Gasteiger partial charge in [-0.1, -0.05) is 401 Å². The molecular weight excluding hydrogens is 1340 g/mol. The molecule has 3 unspecified atom stereocenters. The van der Waals surface area contributed by atoms with Crippen molar-refractivity contribution >= 4 is 39.5 Å². The maximum absolute atomic E-state index is 13.1. The summed E-state index contributed by atoms with van der Waals surface area (Å²) in [5.41, 5.74) is 0. The van der Waals surface area contributed by atoms with Gasteiger partial charge in [0.05, 0.1) is 26.4 Å². The zero-order chi connectivity index (χ0) is 75.5. The van der Waals surface area contributed by atoms with Gasteiger partial charge >= 0.3 is 39.5 Å². The van der Waals surface area contributed by atoms with Gasteiger partial charge in [0, 0.05) is 25.7 Å². The summed E-state index contributed by atoms with van der Waals surface area (Å²) in [7, 11) is -9.92. The Kier molecular flexibility index (Phi) is 75.4. The molecular formula is C84H164O17P2. The lowest BCUT2D eigenvalue weighted by atomic mass is 10.00. The van der Waals surface area contributed by atoms with Gasteiger partial charge in [-0.3, -0.25) is 37.3 Å². The molecule has 0 bridgehead atoms.